The first-order valence-electron chi connectivity index (χ1n) is 7.81. The summed E-state index contributed by atoms with van der Waals surface area (Å²) in [5.74, 6) is -1.47. The summed E-state index contributed by atoms with van der Waals surface area (Å²) < 4.78 is 13.7. The topological polar surface area (TPSA) is 57.6 Å². The van der Waals surface area contributed by atoms with Crippen LogP contribution < -0.4 is 0 Å². The Morgan fingerprint density at radius 3 is 2.45 bits per heavy atom. The molecule has 0 spiro atoms. The van der Waals surface area contributed by atoms with E-state index in [0.29, 0.717) is 31.8 Å². The number of hydrogen-bond acceptors (Lipinski definition) is 2. The van der Waals surface area contributed by atoms with Gasteiger partial charge in [0.05, 0.1) is 11.8 Å². The van der Waals surface area contributed by atoms with Crippen LogP contribution in [0.1, 0.15) is 24.8 Å². The highest BCUT2D eigenvalue weighted by molar-refractivity contribution is 5.89. The molecule has 22 heavy (non-hydrogen) atoms. The predicted molar refractivity (Wildman–Crippen MR) is 78.6 cm³/mol. The van der Waals surface area contributed by atoms with Crippen LogP contribution in [0.25, 0.3) is 0 Å². The number of rotatable bonds is 4. The Balaban J connectivity index is 1.50. The van der Waals surface area contributed by atoms with Crippen LogP contribution in [0.3, 0.4) is 0 Å². The van der Waals surface area contributed by atoms with Crippen LogP contribution in [0.15, 0.2) is 24.3 Å². The molecule has 1 saturated carbocycles. The van der Waals surface area contributed by atoms with Crippen molar-refractivity contribution in [1.82, 2.24) is 4.90 Å². The van der Waals surface area contributed by atoms with Crippen LogP contribution in [-0.2, 0) is 16.0 Å². The zero-order valence-corrected chi connectivity index (χ0v) is 12.4. The van der Waals surface area contributed by atoms with E-state index in [4.69, 9.17) is 5.11 Å². The number of hydrogen-bond donors (Lipinski definition) is 1. The molecule has 0 radical (unpaired) electrons. The molecule has 0 aromatic heterocycles. The standard InChI is InChI=1S/C17H20FNO3/c18-15-4-2-1-3-12(15)9-11-5-7-19(8-6-11)16(20)13-10-14(13)17(21)22/h1-4,11,13-14H,5-10H2,(H,21,22). The summed E-state index contributed by atoms with van der Waals surface area (Å²) in [5.41, 5.74) is 0.736. The lowest BCUT2D eigenvalue weighted by molar-refractivity contribution is -0.142. The first kappa shape index (κ1) is 15.0. The maximum Gasteiger partial charge on any atom is 0.307 e. The van der Waals surface area contributed by atoms with Crippen molar-refractivity contribution in [2.75, 3.05) is 13.1 Å². The third-order valence-corrected chi connectivity index (χ3v) is 4.82. The summed E-state index contributed by atoms with van der Waals surface area (Å²) >= 11 is 0. The van der Waals surface area contributed by atoms with Crippen LogP contribution in [0, 0.1) is 23.6 Å². The van der Waals surface area contributed by atoms with Crippen molar-refractivity contribution in [3.63, 3.8) is 0 Å². The summed E-state index contributed by atoms with van der Waals surface area (Å²) in [6.07, 6.45) is 2.88. The number of aliphatic carboxylic acids is 1. The average molecular weight is 305 g/mol. The molecule has 0 bridgehead atoms. The Labute approximate surface area is 128 Å². The minimum absolute atomic E-state index is 0.0169. The highest BCUT2D eigenvalue weighted by Gasteiger charge is 2.50. The van der Waals surface area contributed by atoms with E-state index in [0.717, 1.165) is 18.4 Å². The Hall–Kier alpha value is -1.91. The molecule has 1 N–H and O–H groups in total. The normalized spacial score (nSPS) is 25.0. The largest absolute Gasteiger partial charge is 0.481 e. The molecule has 1 saturated heterocycles. The number of carboxylic acid groups (broad SMARTS) is 1. The fraction of sp³-hybridized carbons (Fsp3) is 0.529. The van der Waals surface area contributed by atoms with Crippen molar-refractivity contribution >= 4 is 11.9 Å². The fourth-order valence-electron chi connectivity index (χ4n) is 3.31. The molecule has 2 fully saturated rings. The van der Waals surface area contributed by atoms with Gasteiger partial charge in [0, 0.05) is 13.1 Å². The number of halogens is 1. The maximum atomic E-state index is 13.7. The van der Waals surface area contributed by atoms with Gasteiger partial charge in [-0.3, -0.25) is 9.59 Å². The van der Waals surface area contributed by atoms with Gasteiger partial charge in [0.25, 0.3) is 0 Å². The lowest BCUT2D eigenvalue weighted by Gasteiger charge is -2.32. The minimum atomic E-state index is -0.868. The van der Waals surface area contributed by atoms with Crippen LogP contribution in [0.2, 0.25) is 0 Å². The molecule has 5 heteroatoms. The number of amides is 1. The second-order valence-corrected chi connectivity index (χ2v) is 6.35. The van der Waals surface area contributed by atoms with Gasteiger partial charge in [0.1, 0.15) is 5.82 Å². The zero-order chi connectivity index (χ0) is 15.7. The van der Waals surface area contributed by atoms with E-state index < -0.39 is 11.9 Å². The van der Waals surface area contributed by atoms with E-state index in [1.807, 2.05) is 12.1 Å². The van der Waals surface area contributed by atoms with Crippen molar-refractivity contribution in [3.8, 4) is 0 Å². The molecule has 1 amide bonds. The average Bonchev–Trinajstić information content (AvgIpc) is 3.30. The van der Waals surface area contributed by atoms with Gasteiger partial charge in [-0.25, -0.2) is 4.39 Å². The van der Waals surface area contributed by atoms with Crippen LogP contribution in [0.5, 0.6) is 0 Å². The van der Waals surface area contributed by atoms with E-state index in [1.165, 1.54) is 6.07 Å². The van der Waals surface area contributed by atoms with Gasteiger partial charge >= 0.3 is 5.97 Å². The number of likely N-dealkylation sites (tertiary alicyclic amines) is 1. The summed E-state index contributed by atoms with van der Waals surface area (Å²) in [4.78, 5) is 24.8. The van der Waals surface area contributed by atoms with Gasteiger partial charge in [-0.05, 0) is 43.2 Å². The third kappa shape index (κ3) is 3.13. The summed E-state index contributed by atoms with van der Waals surface area (Å²) in [6.45, 7) is 1.31. The highest BCUT2D eigenvalue weighted by atomic mass is 19.1. The monoisotopic (exact) mass is 305 g/mol. The Morgan fingerprint density at radius 2 is 1.86 bits per heavy atom. The smallest absolute Gasteiger partial charge is 0.307 e. The molecule has 1 aliphatic carbocycles. The molecule has 1 heterocycles. The second kappa shape index (κ2) is 6.07. The number of carboxylic acids is 1. The predicted octanol–water partition coefficient (Wildman–Crippen LogP) is 2.33. The molecule has 3 rings (SSSR count). The maximum absolute atomic E-state index is 13.7. The number of carbonyl (C=O) groups is 2. The highest BCUT2D eigenvalue weighted by Crippen LogP contribution is 2.40. The Kier molecular flexibility index (Phi) is 4.14. The van der Waals surface area contributed by atoms with Gasteiger partial charge in [-0.2, -0.15) is 0 Å². The van der Waals surface area contributed by atoms with Crippen molar-refractivity contribution in [3.05, 3.63) is 35.6 Å². The van der Waals surface area contributed by atoms with Gasteiger partial charge in [-0.15, -0.1) is 0 Å². The van der Waals surface area contributed by atoms with Crippen LogP contribution in [-0.4, -0.2) is 35.0 Å². The lowest BCUT2D eigenvalue weighted by Crippen LogP contribution is -2.40. The Bertz CT molecular complexity index is 581. The van der Waals surface area contributed by atoms with Gasteiger partial charge < -0.3 is 10.0 Å². The van der Waals surface area contributed by atoms with E-state index in [1.54, 1.807) is 11.0 Å². The van der Waals surface area contributed by atoms with Gasteiger partial charge in [-0.1, -0.05) is 18.2 Å². The van der Waals surface area contributed by atoms with E-state index in [9.17, 15) is 14.0 Å². The zero-order valence-electron chi connectivity index (χ0n) is 12.4. The molecular formula is C17H20FNO3. The molecule has 2 atom stereocenters. The van der Waals surface area contributed by atoms with Crippen molar-refractivity contribution in [1.29, 1.82) is 0 Å². The molecule has 1 aromatic carbocycles. The molecule has 1 aliphatic heterocycles. The number of carbonyl (C=O) groups excluding carboxylic acids is 1. The van der Waals surface area contributed by atoms with Crippen LogP contribution >= 0.6 is 0 Å². The SMILES string of the molecule is O=C(O)C1CC1C(=O)N1CCC(Cc2ccccc2F)CC1. The van der Waals surface area contributed by atoms with E-state index >= 15 is 0 Å². The number of nitrogens with zero attached hydrogens (tertiary/aromatic N) is 1. The van der Waals surface area contributed by atoms with Gasteiger partial charge in [0.15, 0.2) is 0 Å². The molecule has 4 nitrogen and oxygen atoms in total. The van der Waals surface area contributed by atoms with Gasteiger partial charge in [0.2, 0.25) is 5.91 Å². The minimum Gasteiger partial charge on any atom is -0.481 e. The number of benzene rings is 1. The molecule has 118 valence electrons. The molecular weight excluding hydrogens is 285 g/mol. The quantitative estimate of drug-likeness (QED) is 0.929. The van der Waals surface area contributed by atoms with Crippen molar-refractivity contribution in [2.45, 2.75) is 25.7 Å². The number of piperidine rings is 1. The molecule has 2 aliphatic rings. The fourth-order valence-corrected chi connectivity index (χ4v) is 3.31. The second-order valence-electron chi connectivity index (χ2n) is 6.35. The van der Waals surface area contributed by atoms with Crippen molar-refractivity contribution in [2.24, 2.45) is 17.8 Å². The third-order valence-electron chi connectivity index (χ3n) is 4.82. The Morgan fingerprint density at radius 1 is 1.18 bits per heavy atom. The summed E-state index contributed by atoms with van der Waals surface area (Å²) in [6, 6.07) is 6.83. The van der Waals surface area contributed by atoms with Crippen LogP contribution in [0.4, 0.5) is 4.39 Å². The van der Waals surface area contributed by atoms with E-state index in [-0.39, 0.29) is 17.6 Å². The summed E-state index contributed by atoms with van der Waals surface area (Å²) in [5, 5.41) is 8.90. The molecule has 1 aromatic rings. The first-order valence-corrected chi connectivity index (χ1v) is 7.81. The first-order chi connectivity index (χ1) is 10.6. The van der Waals surface area contributed by atoms with Crippen molar-refractivity contribution < 1.29 is 19.1 Å². The lowest BCUT2D eigenvalue weighted by atomic mass is 9.90. The summed E-state index contributed by atoms with van der Waals surface area (Å²) in [7, 11) is 0. The molecule has 2 unspecified atom stereocenters. The van der Waals surface area contributed by atoms with E-state index in [2.05, 4.69) is 0 Å².